The molecule has 7 heteroatoms. The minimum Gasteiger partial charge on any atom is -0.497 e. The van der Waals surface area contributed by atoms with Crippen molar-refractivity contribution in [3.63, 3.8) is 0 Å². The Labute approximate surface area is 175 Å². The van der Waals surface area contributed by atoms with Gasteiger partial charge in [0.05, 0.1) is 32.6 Å². The molecule has 0 bridgehead atoms. The fraction of sp³-hybridized carbons (Fsp3) is 0.364. The van der Waals surface area contributed by atoms with Crippen molar-refractivity contribution in [3.05, 3.63) is 54.1 Å². The summed E-state index contributed by atoms with van der Waals surface area (Å²) in [5.74, 6) is 2.69. The molecule has 0 saturated heterocycles. The third-order valence-corrected chi connectivity index (χ3v) is 5.37. The molecule has 29 heavy (non-hydrogen) atoms. The first-order valence-corrected chi connectivity index (χ1v) is 10.6. The molecule has 0 atom stereocenters. The zero-order valence-electron chi connectivity index (χ0n) is 17.0. The highest BCUT2D eigenvalue weighted by molar-refractivity contribution is 7.99. The summed E-state index contributed by atoms with van der Waals surface area (Å²) in [7, 11) is 1.66. The van der Waals surface area contributed by atoms with E-state index in [9.17, 15) is 0 Å². The molecule has 0 fully saturated rings. The number of aromatic nitrogens is 3. The Morgan fingerprint density at radius 1 is 1.03 bits per heavy atom. The Morgan fingerprint density at radius 3 is 2.48 bits per heavy atom. The summed E-state index contributed by atoms with van der Waals surface area (Å²) in [5.41, 5.74) is 3.29. The molecule has 1 N–H and O–H groups in total. The second-order valence-electron chi connectivity index (χ2n) is 6.77. The second-order valence-corrected chi connectivity index (χ2v) is 7.83. The van der Waals surface area contributed by atoms with Gasteiger partial charge in [0.2, 0.25) is 0 Å². The first kappa shape index (κ1) is 21.4. The van der Waals surface area contributed by atoms with Crippen LogP contribution in [0.15, 0.2) is 53.7 Å². The van der Waals surface area contributed by atoms with Crippen molar-refractivity contribution in [2.45, 2.75) is 24.9 Å². The SMILES string of the molecule is COc1ccc(-c2nnc(SCCOCCO)n2-c2ccccc2C(C)C)cc1. The molecule has 0 radical (unpaired) electrons. The largest absolute Gasteiger partial charge is 0.497 e. The maximum atomic E-state index is 8.86. The highest BCUT2D eigenvalue weighted by Gasteiger charge is 2.19. The van der Waals surface area contributed by atoms with Gasteiger partial charge in [-0.15, -0.1) is 10.2 Å². The first-order chi connectivity index (χ1) is 14.2. The molecule has 2 aromatic carbocycles. The molecule has 6 nitrogen and oxygen atoms in total. The van der Waals surface area contributed by atoms with Crippen LogP contribution in [0.2, 0.25) is 0 Å². The van der Waals surface area contributed by atoms with Gasteiger partial charge >= 0.3 is 0 Å². The minimum atomic E-state index is 0.0320. The van der Waals surface area contributed by atoms with E-state index < -0.39 is 0 Å². The number of nitrogens with zero attached hydrogens (tertiary/aromatic N) is 3. The molecule has 0 aliphatic carbocycles. The molecule has 0 spiro atoms. The van der Waals surface area contributed by atoms with E-state index in [2.05, 4.69) is 46.8 Å². The van der Waals surface area contributed by atoms with Gasteiger partial charge in [0.15, 0.2) is 11.0 Å². The van der Waals surface area contributed by atoms with E-state index in [4.69, 9.17) is 14.6 Å². The van der Waals surface area contributed by atoms with Crippen LogP contribution in [-0.4, -0.2) is 52.6 Å². The van der Waals surface area contributed by atoms with E-state index in [1.54, 1.807) is 18.9 Å². The Hall–Kier alpha value is -2.35. The molecule has 3 aromatic rings. The lowest BCUT2D eigenvalue weighted by molar-refractivity contribution is 0.103. The summed E-state index contributed by atoms with van der Waals surface area (Å²) >= 11 is 1.59. The number of aliphatic hydroxyl groups excluding tert-OH is 1. The summed E-state index contributed by atoms with van der Waals surface area (Å²) in [6, 6.07) is 16.2. The molecular weight excluding hydrogens is 386 g/mol. The van der Waals surface area contributed by atoms with Crippen LogP contribution in [0.1, 0.15) is 25.3 Å². The first-order valence-electron chi connectivity index (χ1n) is 9.66. The Balaban J connectivity index is 2.01. The molecule has 0 aliphatic heterocycles. The van der Waals surface area contributed by atoms with E-state index >= 15 is 0 Å². The number of aliphatic hydroxyl groups is 1. The third kappa shape index (κ3) is 5.18. The Kier molecular flexibility index (Phi) is 7.69. The summed E-state index contributed by atoms with van der Waals surface area (Å²) < 4.78 is 12.8. The van der Waals surface area contributed by atoms with Crippen molar-refractivity contribution in [1.82, 2.24) is 14.8 Å². The van der Waals surface area contributed by atoms with Gasteiger partial charge in [-0.1, -0.05) is 43.8 Å². The van der Waals surface area contributed by atoms with Crippen LogP contribution in [0.4, 0.5) is 0 Å². The van der Waals surface area contributed by atoms with Crippen molar-refractivity contribution in [3.8, 4) is 22.8 Å². The zero-order valence-corrected chi connectivity index (χ0v) is 17.9. The van der Waals surface area contributed by atoms with Gasteiger partial charge in [0.1, 0.15) is 5.75 Å². The minimum absolute atomic E-state index is 0.0320. The van der Waals surface area contributed by atoms with E-state index in [1.807, 2.05) is 30.3 Å². The van der Waals surface area contributed by atoms with E-state index in [0.29, 0.717) is 19.1 Å². The Bertz CT molecular complexity index is 910. The monoisotopic (exact) mass is 413 g/mol. The van der Waals surface area contributed by atoms with Gasteiger partial charge in [0, 0.05) is 11.3 Å². The van der Waals surface area contributed by atoms with E-state index in [-0.39, 0.29) is 6.61 Å². The quantitative estimate of drug-likeness (QED) is 0.397. The number of rotatable bonds is 10. The van der Waals surface area contributed by atoms with Crippen molar-refractivity contribution in [1.29, 1.82) is 0 Å². The number of methoxy groups -OCH3 is 1. The second kappa shape index (κ2) is 10.4. The molecular formula is C22H27N3O3S. The number of thioether (sulfide) groups is 1. The third-order valence-electron chi connectivity index (χ3n) is 4.48. The number of ether oxygens (including phenoxy) is 2. The van der Waals surface area contributed by atoms with Crippen LogP contribution in [0.25, 0.3) is 17.1 Å². The number of benzene rings is 2. The lowest BCUT2D eigenvalue weighted by Crippen LogP contribution is -2.06. The summed E-state index contributed by atoms with van der Waals surface area (Å²) in [6.07, 6.45) is 0. The smallest absolute Gasteiger partial charge is 0.196 e. The molecule has 0 saturated carbocycles. The maximum absolute atomic E-state index is 8.86. The average Bonchev–Trinajstić information content (AvgIpc) is 3.17. The molecule has 1 heterocycles. The normalized spacial score (nSPS) is 11.2. The predicted molar refractivity (Wildman–Crippen MR) is 116 cm³/mol. The van der Waals surface area contributed by atoms with Crippen LogP contribution >= 0.6 is 11.8 Å². The van der Waals surface area contributed by atoms with Crippen LogP contribution < -0.4 is 4.74 Å². The number of hydrogen-bond acceptors (Lipinski definition) is 6. The fourth-order valence-corrected chi connectivity index (χ4v) is 3.84. The highest BCUT2D eigenvalue weighted by Crippen LogP contribution is 2.32. The molecule has 154 valence electrons. The van der Waals surface area contributed by atoms with Crippen molar-refractivity contribution in [2.24, 2.45) is 0 Å². The molecule has 0 unspecified atom stereocenters. The van der Waals surface area contributed by atoms with Gasteiger partial charge in [0.25, 0.3) is 0 Å². The summed E-state index contributed by atoms with van der Waals surface area (Å²) in [5, 5.41) is 18.6. The van der Waals surface area contributed by atoms with E-state index in [0.717, 1.165) is 33.7 Å². The molecule has 0 amide bonds. The summed E-state index contributed by atoms with van der Waals surface area (Å²) in [6.45, 7) is 5.30. The van der Waals surface area contributed by atoms with Gasteiger partial charge in [-0.2, -0.15) is 0 Å². The highest BCUT2D eigenvalue weighted by atomic mass is 32.2. The lowest BCUT2D eigenvalue weighted by Gasteiger charge is -2.17. The zero-order chi connectivity index (χ0) is 20.6. The van der Waals surface area contributed by atoms with Crippen molar-refractivity contribution < 1.29 is 14.6 Å². The Morgan fingerprint density at radius 2 is 1.79 bits per heavy atom. The number of para-hydroxylation sites is 1. The van der Waals surface area contributed by atoms with Gasteiger partial charge < -0.3 is 14.6 Å². The van der Waals surface area contributed by atoms with Crippen molar-refractivity contribution in [2.75, 3.05) is 32.7 Å². The van der Waals surface area contributed by atoms with Crippen LogP contribution in [-0.2, 0) is 4.74 Å². The average molecular weight is 414 g/mol. The van der Waals surface area contributed by atoms with Gasteiger partial charge in [-0.05, 0) is 41.8 Å². The van der Waals surface area contributed by atoms with Gasteiger partial charge in [-0.25, -0.2) is 0 Å². The molecule has 0 aliphatic rings. The van der Waals surface area contributed by atoms with Crippen LogP contribution in [0.3, 0.4) is 0 Å². The predicted octanol–water partition coefficient (Wildman–Crippen LogP) is 4.17. The molecule has 3 rings (SSSR count). The van der Waals surface area contributed by atoms with Crippen LogP contribution in [0.5, 0.6) is 5.75 Å². The van der Waals surface area contributed by atoms with Gasteiger partial charge in [-0.3, -0.25) is 4.57 Å². The topological polar surface area (TPSA) is 69.4 Å². The fourth-order valence-electron chi connectivity index (χ4n) is 3.05. The molecule has 1 aromatic heterocycles. The summed E-state index contributed by atoms with van der Waals surface area (Å²) in [4.78, 5) is 0. The number of hydrogen-bond donors (Lipinski definition) is 1. The maximum Gasteiger partial charge on any atom is 0.196 e. The van der Waals surface area contributed by atoms with E-state index in [1.165, 1.54) is 5.56 Å². The van der Waals surface area contributed by atoms with Crippen molar-refractivity contribution >= 4 is 11.8 Å². The standard InChI is InChI=1S/C22H27N3O3S/c1-16(2)19-6-4-5-7-20(19)25-21(17-8-10-18(27-3)11-9-17)23-24-22(25)29-15-14-28-13-12-26/h4-11,16,26H,12-15H2,1-3H3. The lowest BCUT2D eigenvalue weighted by atomic mass is 10.0. The van der Waals surface area contributed by atoms with Crippen LogP contribution in [0, 0.1) is 0 Å².